The van der Waals surface area contributed by atoms with E-state index >= 15 is 0 Å². The van der Waals surface area contributed by atoms with Gasteiger partial charge in [-0.1, -0.05) is 24.3 Å². The summed E-state index contributed by atoms with van der Waals surface area (Å²) >= 11 is 0. The van der Waals surface area contributed by atoms with E-state index in [2.05, 4.69) is 15.3 Å². The van der Waals surface area contributed by atoms with Crippen molar-refractivity contribution in [3.63, 3.8) is 0 Å². The van der Waals surface area contributed by atoms with Gasteiger partial charge in [-0.3, -0.25) is 4.79 Å². The van der Waals surface area contributed by atoms with Crippen molar-refractivity contribution in [1.29, 1.82) is 0 Å². The molecule has 3 rings (SSSR count). The van der Waals surface area contributed by atoms with Crippen molar-refractivity contribution in [3.05, 3.63) is 65.2 Å². The number of anilines is 1. The Morgan fingerprint density at radius 1 is 1.27 bits per heavy atom. The topological polar surface area (TPSA) is 92.3 Å². The van der Waals surface area contributed by atoms with Gasteiger partial charge in [-0.25, -0.2) is 22.8 Å². The molecule has 30 heavy (non-hydrogen) atoms. The van der Waals surface area contributed by atoms with Gasteiger partial charge in [-0.15, -0.1) is 0 Å². The van der Waals surface area contributed by atoms with Gasteiger partial charge in [0.05, 0.1) is 18.4 Å². The Kier molecular flexibility index (Phi) is 6.81. The number of piperidine rings is 1. The number of hydrogen-bond donors (Lipinski definition) is 1. The molecule has 1 saturated heterocycles. The van der Waals surface area contributed by atoms with Gasteiger partial charge in [-0.2, -0.15) is 0 Å². The van der Waals surface area contributed by atoms with Gasteiger partial charge in [0.1, 0.15) is 17.3 Å². The Balaban J connectivity index is 1.73. The molecule has 9 heteroatoms. The first kappa shape index (κ1) is 21.9. The van der Waals surface area contributed by atoms with Crippen LogP contribution in [0, 0.1) is 5.82 Å². The van der Waals surface area contributed by atoms with E-state index in [1.165, 1.54) is 24.5 Å². The number of sulfone groups is 1. The van der Waals surface area contributed by atoms with E-state index < -0.39 is 21.8 Å². The molecule has 0 spiro atoms. The Morgan fingerprint density at radius 3 is 2.70 bits per heavy atom. The number of carbonyl (C=O) groups is 1. The summed E-state index contributed by atoms with van der Waals surface area (Å²) in [6, 6.07) is 6.13. The van der Waals surface area contributed by atoms with Crippen LogP contribution >= 0.6 is 0 Å². The second-order valence-corrected chi connectivity index (χ2v) is 9.34. The lowest BCUT2D eigenvalue weighted by molar-refractivity contribution is 0.0941. The van der Waals surface area contributed by atoms with Crippen molar-refractivity contribution >= 4 is 21.6 Å². The zero-order valence-electron chi connectivity index (χ0n) is 17.0. The van der Waals surface area contributed by atoms with E-state index in [0.717, 1.165) is 37.5 Å². The summed E-state index contributed by atoms with van der Waals surface area (Å²) in [7, 11) is -3.26. The van der Waals surface area contributed by atoms with Gasteiger partial charge >= 0.3 is 0 Å². The third kappa shape index (κ3) is 5.63. The first-order valence-electron chi connectivity index (χ1n) is 9.77. The van der Waals surface area contributed by atoms with E-state index in [9.17, 15) is 17.6 Å². The van der Waals surface area contributed by atoms with Crippen LogP contribution in [0.2, 0.25) is 0 Å². The van der Waals surface area contributed by atoms with Gasteiger partial charge < -0.3 is 10.2 Å². The lowest BCUT2D eigenvalue weighted by Crippen LogP contribution is -2.35. The highest BCUT2D eigenvalue weighted by molar-refractivity contribution is 7.93. The Morgan fingerprint density at radius 2 is 2.03 bits per heavy atom. The first-order valence-corrected chi connectivity index (χ1v) is 11.7. The number of nitrogens with one attached hydrogen (secondary N) is 1. The minimum atomic E-state index is -3.26. The van der Waals surface area contributed by atoms with Crippen LogP contribution in [0.3, 0.4) is 0 Å². The van der Waals surface area contributed by atoms with Crippen LogP contribution < -0.4 is 10.2 Å². The summed E-state index contributed by atoms with van der Waals surface area (Å²) in [6.45, 7) is 2.39. The fourth-order valence-corrected chi connectivity index (χ4v) is 3.97. The molecule has 0 bridgehead atoms. The quantitative estimate of drug-likeness (QED) is 0.754. The number of rotatable bonds is 6. The molecule has 0 saturated carbocycles. The lowest BCUT2D eigenvalue weighted by Gasteiger charge is -2.36. The summed E-state index contributed by atoms with van der Waals surface area (Å²) in [5.74, 6) is -0.108. The summed E-state index contributed by atoms with van der Waals surface area (Å²) in [5, 5.41) is 3.70. The van der Waals surface area contributed by atoms with Crippen molar-refractivity contribution < 1.29 is 17.6 Å². The Bertz CT molecular complexity index is 1020. The maximum atomic E-state index is 14.3. The number of benzene rings is 1. The molecule has 1 aromatic carbocycles. The van der Waals surface area contributed by atoms with Gasteiger partial charge in [-0.05, 0) is 32.3 Å². The zero-order valence-corrected chi connectivity index (χ0v) is 17.8. The van der Waals surface area contributed by atoms with Crippen molar-refractivity contribution in [3.8, 4) is 0 Å². The average Bonchev–Trinajstić information content (AvgIpc) is 2.72. The molecular weight excluding hydrogens is 407 g/mol. The summed E-state index contributed by atoms with van der Waals surface area (Å²) in [4.78, 5) is 23.0. The molecule has 1 aliphatic heterocycles. The molecule has 1 aliphatic rings. The number of nitrogens with zero attached hydrogens (tertiary/aromatic N) is 3. The van der Waals surface area contributed by atoms with Crippen molar-refractivity contribution in [1.82, 2.24) is 15.3 Å². The fourth-order valence-electron chi connectivity index (χ4n) is 3.45. The van der Waals surface area contributed by atoms with E-state index in [-0.39, 0.29) is 17.6 Å². The molecule has 1 aromatic heterocycles. The van der Waals surface area contributed by atoms with E-state index in [0.29, 0.717) is 11.4 Å². The highest BCUT2D eigenvalue weighted by Gasteiger charge is 2.27. The molecule has 1 amide bonds. The zero-order chi connectivity index (χ0) is 21.7. The summed E-state index contributed by atoms with van der Waals surface area (Å²) < 4.78 is 36.7. The molecule has 2 atom stereocenters. The monoisotopic (exact) mass is 432 g/mol. The Hall–Kier alpha value is -2.81. The predicted octanol–water partition coefficient (Wildman–Crippen LogP) is 3.02. The van der Waals surface area contributed by atoms with Crippen LogP contribution in [0.4, 0.5) is 10.2 Å². The number of hydrogen-bond acceptors (Lipinski definition) is 6. The molecule has 1 fully saturated rings. The van der Waals surface area contributed by atoms with E-state index in [4.69, 9.17) is 0 Å². The van der Waals surface area contributed by atoms with Crippen molar-refractivity contribution in [2.45, 2.75) is 38.3 Å². The number of halogens is 1. The maximum absolute atomic E-state index is 14.3. The number of amides is 1. The van der Waals surface area contributed by atoms with Crippen LogP contribution in [-0.4, -0.2) is 43.1 Å². The standard InChI is InChI=1S/C21H25FN4O3S/c1-15(10-12-30(2,28)29)25-21(27)18-13-24-20(14-23-18)26-11-6-5-9-19(26)16-7-3-4-8-17(16)22/h3-4,7-8,10,12-15,19H,5-6,9,11H2,1-2H3,(H,25,27)/b12-10+/t15-,19?/m1/s1. The predicted molar refractivity (Wildman–Crippen MR) is 113 cm³/mol. The molecule has 7 nitrogen and oxygen atoms in total. The molecule has 0 aliphatic carbocycles. The van der Waals surface area contributed by atoms with E-state index in [1.807, 2.05) is 11.0 Å². The van der Waals surface area contributed by atoms with Crippen LogP contribution in [-0.2, 0) is 9.84 Å². The molecule has 2 heterocycles. The first-order chi connectivity index (χ1) is 14.2. The molecular formula is C21H25FN4O3S. The molecule has 0 radical (unpaired) electrons. The SMILES string of the molecule is C[C@H](/C=C/S(C)(=O)=O)NC(=O)c1cnc(N2CCCCC2c2ccccc2F)cn1. The van der Waals surface area contributed by atoms with Gasteiger partial charge in [0.15, 0.2) is 9.84 Å². The van der Waals surface area contributed by atoms with Crippen molar-refractivity contribution in [2.24, 2.45) is 0 Å². The van der Waals surface area contributed by atoms with Gasteiger partial charge in [0, 0.05) is 29.8 Å². The fraction of sp³-hybridized carbons (Fsp3) is 0.381. The minimum Gasteiger partial charge on any atom is -0.348 e. The van der Waals surface area contributed by atoms with Crippen LogP contribution in [0.25, 0.3) is 0 Å². The summed E-state index contributed by atoms with van der Waals surface area (Å²) in [5.41, 5.74) is 0.755. The van der Waals surface area contributed by atoms with Crippen LogP contribution in [0.15, 0.2) is 48.1 Å². The third-order valence-electron chi connectivity index (χ3n) is 4.91. The highest BCUT2D eigenvalue weighted by atomic mass is 32.2. The van der Waals surface area contributed by atoms with Crippen LogP contribution in [0.1, 0.15) is 48.3 Å². The summed E-state index contributed by atoms with van der Waals surface area (Å²) in [6.07, 6.45) is 8.16. The lowest BCUT2D eigenvalue weighted by atomic mass is 9.95. The Labute approximate surface area is 176 Å². The van der Waals surface area contributed by atoms with E-state index in [1.54, 1.807) is 19.1 Å². The minimum absolute atomic E-state index is 0.123. The third-order valence-corrected chi connectivity index (χ3v) is 5.56. The number of carbonyl (C=O) groups excluding carboxylic acids is 1. The molecule has 1 unspecified atom stereocenters. The molecule has 1 N–H and O–H groups in total. The van der Waals surface area contributed by atoms with Gasteiger partial charge in [0.2, 0.25) is 0 Å². The smallest absolute Gasteiger partial charge is 0.271 e. The number of aromatic nitrogens is 2. The average molecular weight is 433 g/mol. The molecule has 2 aromatic rings. The van der Waals surface area contributed by atoms with Crippen molar-refractivity contribution in [2.75, 3.05) is 17.7 Å². The second-order valence-electron chi connectivity index (χ2n) is 7.41. The highest BCUT2D eigenvalue weighted by Crippen LogP contribution is 2.34. The second kappa shape index (κ2) is 9.34. The maximum Gasteiger partial charge on any atom is 0.271 e. The van der Waals surface area contributed by atoms with Gasteiger partial charge in [0.25, 0.3) is 5.91 Å². The van der Waals surface area contributed by atoms with Crippen LogP contribution in [0.5, 0.6) is 0 Å². The normalized spacial score (nSPS) is 18.4. The largest absolute Gasteiger partial charge is 0.348 e. The molecule has 160 valence electrons.